The summed E-state index contributed by atoms with van der Waals surface area (Å²) >= 11 is 2.15. The van der Waals surface area contributed by atoms with Gasteiger partial charge in [-0.15, -0.1) is 0 Å². The van der Waals surface area contributed by atoms with Crippen LogP contribution in [0.5, 0.6) is 11.5 Å². The first-order valence-corrected chi connectivity index (χ1v) is 7.36. The van der Waals surface area contributed by atoms with Gasteiger partial charge in [0.2, 0.25) is 5.91 Å². The molecule has 0 unspecified atom stereocenters. The Morgan fingerprint density at radius 3 is 2.71 bits per heavy atom. The molecule has 0 bridgehead atoms. The van der Waals surface area contributed by atoms with Crippen LogP contribution in [0.4, 0.5) is 0 Å². The van der Waals surface area contributed by atoms with E-state index in [0.29, 0.717) is 18.0 Å². The summed E-state index contributed by atoms with van der Waals surface area (Å²) in [5, 5.41) is 6.92. The predicted molar refractivity (Wildman–Crippen MR) is 86.3 cm³/mol. The summed E-state index contributed by atoms with van der Waals surface area (Å²) in [4.78, 5) is 11.8. The van der Waals surface area contributed by atoms with Crippen molar-refractivity contribution in [2.75, 3.05) is 14.2 Å². The third-order valence-electron chi connectivity index (χ3n) is 2.84. The summed E-state index contributed by atoms with van der Waals surface area (Å²) in [6.45, 7) is 0.633. The van der Waals surface area contributed by atoms with Gasteiger partial charge in [0.1, 0.15) is 6.54 Å². The summed E-state index contributed by atoms with van der Waals surface area (Å²) in [5.41, 5.74) is 0.941. The van der Waals surface area contributed by atoms with Crippen LogP contribution in [0.2, 0.25) is 0 Å². The highest BCUT2D eigenvalue weighted by Crippen LogP contribution is 2.27. The van der Waals surface area contributed by atoms with E-state index < -0.39 is 0 Å². The van der Waals surface area contributed by atoms with Gasteiger partial charge in [-0.1, -0.05) is 6.07 Å². The maximum atomic E-state index is 11.8. The van der Waals surface area contributed by atoms with Gasteiger partial charge >= 0.3 is 0 Å². The fourth-order valence-electron chi connectivity index (χ4n) is 1.82. The number of nitrogens with zero attached hydrogens (tertiary/aromatic N) is 2. The van der Waals surface area contributed by atoms with E-state index in [0.717, 1.165) is 9.13 Å². The minimum absolute atomic E-state index is 0.0933. The lowest BCUT2D eigenvalue weighted by Gasteiger charge is -2.10. The van der Waals surface area contributed by atoms with Crippen molar-refractivity contribution < 1.29 is 14.3 Å². The highest BCUT2D eigenvalue weighted by atomic mass is 127. The van der Waals surface area contributed by atoms with Crippen molar-refractivity contribution in [1.29, 1.82) is 0 Å². The van der Waals surface area contributed by atoms with E-state index in [2.05, 4.69) is 33.0 Å². The van der Waals surface area contributed by atoms with Gasteiger partial charge in [-0.25, -0.2) is 0 Å². The third-order valence-corrected chi connectivity index (χ3v) is 3.40. The van der Waals surface area contributed by atoms with Gasteiger partial charge in [0.25, 0.3) is 0 Å². The van der Waals surface area contributed by atoms with Crippen molar-refractivity contribution in [3.8, 4) is 11.5 Å². The Morgan fingerprint density at radius 2 is 2.10 bits per heavy atom. The number of benzene rings is 1. The molecule has 7 heteroatoms. The van der Waals surface area contributed by atoms with Gasteiger partial charge in [-0.2, -0.15) is 5.10 Å². The Balaban J connectivity index is 1.91. The molecule has 0 radical (unpaired) electrons. The van der Waals surface area contributed by atoms with E-state index in [-0.39, 0.29) is 12.5 Å². The van der Waals surface area contributed by atoms with E-state index in [1.807, 2.05) is 24.4 Å². The summed E-state index contributed by atoms with van der Waals surface area (Å²) in [5.74, 6) is 1.22. The highest BCUT2D eigenvalue weighted by Gasteiger charge is 2.07. The van der Waals surface area contributed by atoms with Crippen LogP contribution in [0.3, 0.4) is 0 Å². The van der Waals surface area contributed by atoms with Gasteiger partial charge in [-0.3, -0.25) is 9.48 Å². The highest BCUT2D eigenvalue weighted by molar-refractivity contribution is 14.1. The Hall–Kier alpha value is -1.77. The molecule has 2 rings (SSSR count). The molecule has 0 saturated carbocycles. The summed E-state index contributed by atoms with van der Waals surface area (Å²) in [6, 6.07) is 5.55. The van der Waals surface area contributed by atoms with E-state index in [4.69, 9.17) is 9.47 Å². The summed E-state index contributed by atoms with van der Waals surface area (Å²) in [7, 11) is 3.17. The van der Waals surface area contributed by atoms with Crippen LogP contribution in [0, 0.1) is 3.57 Å². The van der Waals surface area contributed by atoms with Crippen LogP contribution >= 0.6 is 22.6 Å². The molecule has 0 atom stereocenters. The zero-order valence-corrected chi connectivity index (χ0v) is 14.0. The lowest BCUT2D eigenvalue weighted by Crippen LogP contribution is -2.27. The van der Waals surface area contributed by atoms with Gasteiger partial charge in [0.05, 0.1) is 24.0 Å². The quantitative estimate of drug-likeness (QED) is 0.751. The number of ether oxygens (including phenoxy) is 2. The van der Waals surface area contributed by atoms with Crippen LogP contribution in [-0.2, 0) is 17.9 Å². The Bertz CT molecular complexity index is 628. The van der Waals surface area contributed by atoms with Gasteiger partial charge in [0.15, 0.2) is 11.5 Å². The largest absolute Gasteiger partial charge is 0.493 e. The fourth-order valence-corrected chi connectivity index (χ4v) is 2.27. The second-order valence-corrected chi connectivity index (χ2v) is 5.57. The number of hydrogen-bond donors (Lipinski definition) is 1. The van der Waals surface area contributed by atoms with Crippen molar-refractivity contribution in [1.82, 2.24) is 15.1 Å². The number of amides is 1. The molecule has 0 fully saturated rings. The van der Waals surface area contributed by atoms with Crippen LogP contribution in [-0.4, -0.2) is 29.9 Å². The SMILES string of the molecule is COc1ccc(CNC(=O)Cn2cc(I)cn2)cc1OC. The minimum Gasteiger partial charge on any atom is -0.493 e. The number of hydrogen-bond acceptors (Lipinski definition) is 4. The van der Waals surface area contributed by atoms with E-state index in [9.17, 15) is 4.79 Å². The molecule has 1 amide bonds. The third kappa shape index (κ3) is 4.35. The fraction of sp³-hybridized carbons (Fsp3) is 0.286. The Kier molecular flexibility index (Phi) is 5.43. The molecule has 0 aliphatic rings. The molecule has 6 nitrogen and oxygen atoms in total. The van der Waals surface area contributed by atoms with Crippen molar-refractivity contribution >= 4 is 28.5 Å². The second-order valence-electron chi connectivity index (χ2n) is 4.32. The van der Waals surface area contributed by atoms with Gasteiger partial charge < -0.3 is 14.8 Å². The molecule has 112 valence electrons. The van der Waals surface area contributed by atoms with E-state index in [1.165, 1.54) is 0 Å². The Morgan fingerprint density at radius 1 is 1.33 bits per heavy atom. The summed E-state index contributed by atoms with van der Waals surface area (Å²) < 4.78 is 13.0. The first-order chi connectivity index (χ1) is 10.1. The minimum atomic E-state index is -0.0933. The maximum absolute atomic E-state index is 11.8. The molecule has 1 aromatic heterocycles. The van der Waals surface area contributed by atoms with Crippen LogP contribution in [0.15, 0.2) is 30.6 Å². The topological polar surface area (TPSA) is 65.4 Å². The van der Waals surface area contributed by atoms with E-state index in [1.54, 1.807) is 25.1 Å². The van der Waals surface area contributed by atoms with Crippen molar-refractivity contribution in [2.45, 2.75) is 13.1 Å². The summed E-state index contributed by atoms with van der Waals surface area (Å²) in [6.07, 6.45) is 3.53. The average molecular weight is 401 g/mol. The molecular weight excluding hydrogens is 385 g/mol. The molecule has 1 heterocycles. The monoisotopic (exact) mass is 401 g/mol. The van der Waals surface area contributed by atoms with Crippen molar-refractivity contribution in [3.05, 3.63) is 39.7 Å². The Labute approximate surface area is 136 Å². The maximum Gasteiger partial charge on any atom is 0.241 e. The van der Waals surface area contributed by atoms with E-state index >= 15 is 0 Å². The molecule has 1 aromatic carbocycles. The second kappa shape index (κ2) is 7.30. The molecular formula is C14H16IN3O3. The molecule has 2 aromatic rings. The number of nitrogens with one attached hydrogen (secondary N) is 1. The number of halogens is 1. The number of rotatable bonds is 6. The molecule has 0 aliphatic carbocycles. The number of methoxy groups -OCH3 is 2. The molecule has 1 N–H and O–H groups in total. The normalized spacial score (nSPS) is 10.2. The molecule has 0 saturated heterocycles. The smallest absolute Gasteiger partial charge is 0.241 e. The molecule has 0 spiro atoms. The number of aromatic nitrogens is 2. The zero-order valence-electron chi connectivity index (χ0n) is 11.8. The van der Waals surface area contributed by atoms with Crippen molar-refractivity contribution in [2.24, 2.45) is 0 Å². The first kappa shape index (κ1) is 15.6. The van der Waals surface area contributed by atoms with Crippen LogP contribution < -0.4 is 14.8 Å². The van der Waals surface area contributed by atoms with Crippen LogP contribution in [0.25, 0.3) is 0 Å². The lowest BCUT2D eigenvalue weighted by molar-refractivity contribution is -0.122. The van der Waals surface area contributed by atoms with Gasteiger partial charge in [-0.05, 0) is 40.3 Å². The standard InChI is InChI=1S/C14H16IN3O3/c1-20-12-4-3-10(5-13(12)21-2)6-16-14(19)9-18-8-11(15)7-17-18/h3-5,7-8H,6,9H2,1-2H3,(H,16,19). The predicted octanol–water partition coefficient (Wildman–Crippen LogP) is 1.82. The molecule has 21 heavy (non-hydrogen) atoms. The van der Waals surface area contributed by atoms with Crippen LogP contribution in [0.1, 0.15) is 5.56 Å². The number of carbonyl (C=O) groups is 1. The van der Waals surface area contributed by atoms with Gasteiger partial charge in [0, 0.05) is 12.7 Å². The van der Waals surface area contributed by atoms with Crippen molar-refractivity contribution in [3.63, 3.8) is 0 Å². The first-order valence-electron chi connectivity index (χ1n) is 6.28. The lowest BCUT2D eigenvalue weighted by atomic mass is 10.2. The molecule has 0 aliphatic heterocycles. The zero-order chi connectivity index (χ0) is 15.2. The average Bonchev–Trinajstić information content (AvgIpc) is 2.89. The number of carbonyl (C=O) groups excluding carboxylic acids is 1.